The summed E-state index contributed by atoms with van der Waals surface area (Å²) in [5.41, 5.74) is 4.16. The number of hydrogen-bond acceptors (Lipinski definition) is 5. The maximum absolute atomic E-state index is 12.6. The van der Waals surface area contributed by atoms with E-state index in [2.05, 4.69) is 39.6 Å². The largest absolute Gasteiger partial charge is 0.355 e. The number of carbonyl (C=O) groups excluding carboxylic acids is 2. The van der Waals surface area contributed by atoms with Crippen LogP contribution in [0.25, 0.3) is 0 Å². The van der Waals surface area contributed by atoms with E-state index in [1.165, 1.54) is 10.4 Å². The van der Waals surface area contributed by atoms with Crippen LogP contribution in [0.3, 0.4) is 0 Å². The van der Waals surface area contributed by atoms with Crippen molar-refractivity contribution in [3.8, 4) is 0 Å². The lowest BCUT2D eigenvalue weighted by molar-refractivity contribution is -0.122. The molecule has 7 heteroatoms. The minimum atomic E-state index is -0.541. The van der Waals surface area contributed by atoms with Crippen molar-refractivity contribution in [2.24, 2.45) is 0 Å². The van der Waals surface area contributed by atoms with Crippen molar-refractivity contribution in [1.29, 1.82) is 0 Å². The van der Waals surface area contributed by atoms with E-state index in [-0.39, 0.29) is 11.8 Å². The summed E-state index contributed by atoms with van der Waals surface area (Å²) in [5, 5.41) is 7.46. The molecule has 2 aromatic rings. The fourth-order valence-electron chi connectivity index (χ4n) is 3.36. The zero-order chi connectivity index (χ0) is 20.1. The number of thiophene rings is 1. The molecule has 0 fully saturated rings. The lowest BCUT2D eigenvalue weighted by Crippen LogP contribution is -2.45. The summed E-state index contributed by atoms with van der Waals surface area (Å²) in [6.07, 6.45) is 3.79. The van der Waals surface area contributed by atoms with E-state index in [4.69, 9.17) is 0 Å². The first-order valence-corrected chi connectivity index (χ1v) is 10.7. The van der Waals surface area contributed by atoms with E-state index in [0.717, 1.165) is 43.7 Å². The van der Waals surface area contributed by atoms with Crippen LogP contribution in [0, 0.1) is 0 Å². The van der Waals surface area contributed by atoms with Gasteiger partial charge in [-0.3, -0.25) is 19.5 Å². The average molecular weight is 401 g/mol. The Balaban J connectivity index is 1.62. The van der Waals surface area contributed by atoms with Gasteiger partial charge >= 0.3 is 0 Å². The van der Waals surface area contributed by atoms with Gasteiger partial charge in [0.1, 0.15) is 6.04 Å². The van der Waals surface area contributed by atoms with Crippen LogP contribution in [0.1, 0.15) is 52.8 Å². The molecule has 0 aromatic carbocycles. The zero-order valence-corrected chi connectivity index (χ0v) is 17.6. The van der Waals surface area contributed by atoms with Crippen molar-refractivity contribution in [2.75, 3.05) is 13.1 Å². The number of pyridine rings is 1. The first kappa shape index (κ1) is 20.5. The number of hydrogen-bond donors (Lipinski definition) is 2. The van der Waals surface area contributed by atoms with Gasteiger partial charge in [-0.25, -0.2) is 0 Å². The summed E-state index contributed by atoms with van der Waals surface area (Å²) in [5.74, 6) is -0.325. The number of fused-ring (bicyclic) bond motifs is 1. The van der Waals surface area contributed by atoms with E-state index in [1.54, 1.807) is 18.3 Å². The molecule has 150 valence electrons. The summed E-state index contributed by atoms with van der Waals surface area (Å²) in [6, 6.07) is 3.70. The van der Waals surface area contributed by atoms with Crippen LogP contribution < -0.4 is 10.6 Å². The first-order chi connectivity index (χ1) is 13.5. The maximum Gasteiger partial charge on any atom is 0.253 e. The molecular weight excluding hydrogens is 372 g/mol. The Bertz CT molecular complexity index is 831. The first-order valence-electron chi connectivity index (χ1n) is 9.85. The molecule has 2 N–H and O–H groups in total. The number of aryl methyl sites for hydroxylation is 1. The van der Waals surface area contributed by atoms with E-state index in [0.29, 0.717) is 12.1 Å². The van der Waals surface area contributed by atoms with Gasteiger partial charge in [-0.1, -0.05) is 13.0 Å². The van der Waals surface area contributed by atoms with Gasteiger partial charge in [0.25, 0.3) is 5.91 Å². The topological polar surface area (TPSA) is 74.3 Å². The molecule has 0 saturated heterocycles. The van der Waals surface area contributed by atoms with E-state index in [9.17, 15) is 9.59 Å². The van der Waals surface area contributed by atoms with Gasteiger partial charge < -0.3 is 10.6 Å². The van der Waals surface area contributed by atoms with Crippen molar-refractivity contribution in [3.63, 3.8) is 0 Å². The number of carbonyl (C=O) groups is 2. The third-order valence-corrected chi connectivity index (χ3v) is 6.06. The molecule has 0 saturated carbocycles. The molecule has 2 aromatic heterocycles. The van der Waals surface area contributed by atoms with Crippen LogP contribution in [-0.2, 0) is 30.7 Å². The number of aromatic nitrogens is 1. The number of nitrogens with one attached hydrogen (secondary N) is 2. The molecule has 0 aliphatic carbocycles. The van der Waals surface area contributed by atoms with Crippen LogP contribution in [0.15, 0.2) is 23.7 Å². The smallest absolute Gasteiger partial charge is 0.253 e. The summed E-state index contributed by atoms with van der Waals surface area (Å²) in [4.78, 5) is 32.6. The van der Waals surface area contributed by atoms with Gasteiger partial charge in [0.15, 0.2) is 0 Å². The highest BCUT2D eigenvalue weighted by Gasteiger charge is 2.25. The Hall–Kier alpha value is -2.25. The predicted molar refractivity (Wildman–Crippen MR) is 111 cm³/mol. The van der Waals surface area contributed by atoms with Crippen LogP contribution in [0.4, 0.5) is 0 Å². The highest BCUT2D eigenvalue weighted by atomic mass is 32.1. The number of rotatable bonds is 7. The molecule has 0 radical (unpaired) electrons. The average Bonchev–Trinajstić information content (AvgIpc) is 3.12. The second-order valence-corrected chi connectivity index (χ2v) is 8.08. The summed E-state index contributed by atoms with van der Waals surface area (Å²) >= 11 is 1.62. The van der Waals surface area contributed by atoms with E-state index in [1.807, 2.05) is 18.5 Å². The van der Waals surface area contributed by atoms with Crippen molar-refractivity contribution >= 4 is 23.2 Å². The van der Waals surface area contributed by atoms with Gasteiger partial charge in [0.2, 0.25) is 5.91 Å². The SMILES string of the molecule is CCNC(=O)[C@H](C)NC(=O)c1csc2c1CCN(Cc1ccc(CC)cn1)C2. The Labute approximate surface area is 170 Å². The van der Waals surface area contributed by atoms with Crippen molar-refractivity contribution < 1.29 is 9.59 Å². The Morgan fingerprint density at radius 2 is 2.14 bits per heavy atom. The second kappa shape index (κ2) is 9.30. The van der Waals surface area contributed by atoms with Crippen molar-refractivity contribution in [1.82, 2.24) is 20.5 Å². The molecule has 1 aliphatic heterocycles. The molecule has 6 nitrogen and oxygen atoms in total. The minimum absolute atomic E-state index is 0.160. The Morgan fingerprint density at radius 1 is 1.32 bits per heavy atom. The van der Waals surface area contributed by atoms with Crippen LogP contribution in [0.2, 0.25) is 0 Å². The summed E-state index contributed by atoms with van der Waals surface area (Å²) < 4.78 is 0. The van der Waals surface area contributed by atoms with Crippen LogP contribution in [-0.4, -0.2) is 40.8 Å². The second-order valence-electron chi connectivity index (χ2n) is 7.11. The molecule has 0 unspecified atom stereocenters. The highest BCUT2D eigenvalue weighted by molar-refractivity contribution is 7.10. The fourth-order valence-corrected chi connectivity index (χ4v) is 4.48. The Morgan fingerprint density at radius 3 is 2.82 bits per heavy atom. The molecule has 0 bridgehead atoms. The molecule has 3 heterocycles. The molecule has 1 atom stereocenters. The predicted octanol–water partition coefficient (Wildman–Crippen LogP) is 2.52. The molecular formula is C21H28N4O2S. The van der Waals surface area contributed by atoms with Crippen LogP contribution in [0.5, 0.6) is 0 Å². The van der Waals surface area contributed by atoms with E-state index < -0.39 is 6.04 Å². The monoisotopic (exact) mass is 400 g/mol. The molecule has 3 rings (SSSR count). The van der Waals surface area contributed by atoms with Crippen molar-refractivity contribution in [3.05, 3.63) is 51.0 Å². The quantitative estimate of drug-likeness (QED) is 0.749. The number of nitrogens with zero attached hydrogens (tertiary/aromatic N) is 2. The van der Waals surface area contributed by atoms with Crippen molar-refractivity contribution in [2.45, 2.75) is 52.7 Å². The lowest BCUT2D eigenvalue weighted by Gasteiger charge is -2.27. The third-order valence-electron chi connectivity index (χ3n) is 5.04. The van der Waals surface area contributed by atoms with Gasteiger partial charge in [-0.15, -0.1) is 11.3 Å². The number of likely N-dealkylation sites (N-methyl/N-ethyl adjacent to an activating group) is 1. The molecule has 1 aliphatic rings. The number of amides is 2. The summed E-state index contributed by atoms with van der Waals surface area (Å²) in [7, 11) is 0. The molecule has 2 amide bonds. The lowest BCUT2D eigenvalue weighted by atomic mass is 10.0. The Kier molecular flexibility index (Phi) is 6.80. The summed E-state index contributed by atoms with van der Waals surface area (Å²) in [6.45, 7) is 8.80. The zero-order valence-electron chi connectivity index (χ0n) is 16.7. The molecule has 28 heavy (non-hydrogen) atoms. The normalized spacial score (nSPS) is 15.0. The van der Waals surface area contributed by atoms with E-state index >= 15 is 0 Å². The molecule has 0 spiro atoms. The fraction of sp³-hybridized carbons (Fsp3) is 0.476. The van der Waals surface area contributed by atoms with Crippen LogP contribution >= 0.6 is 11.3 Å². The van der Waals surface area contributed by atoms with Gasteiger partial charge in [-0.05, 0) is 43.9 Å². The third kappa shape index (κ3) is 4.77. The maximum atomic E-state index is 12.6. The van der Waals surface area contributed by atoms with Gasteiger partial charge in [0, 0.05) is 42.6 Å². The minimum Gasteiger partial charge on any atom is -0.355 e. The standard InChI is InChI=1S/C21H28N4O2S/c1-4-15-6-7-16(23-10-15)11-25-9-8-17-18(13-28-19(17)12-25)21(27)24-14(3)20(26)22-5-2/h6-7,10,13-14H,4-5,8-9,11-12H2,1-3H3,(H,22,26)(H,24,27)/t14-/m0/s1. The van der Waals surface area contributed by atoms with Gasteiger partial charge in [0.05, 0.1) is 11.3 Å². The highest BCUT2D eigenvalue weighted by Crippen LogP contribution is 2.29. The van der Waals surface area contributed by atoms with Gasteiger partial charge in [-0.2, -0.15) is 0 Å².